The first kappa shape index (κ1) is 12.0. The molecule has 0 amide bonds. The van der Waals surface area contributed by atoms with E-state index in [2.05, 4.69) is 25.1 Å². The molecule has 1 fully saturated rings. The molecule has 2 heteroatoms. The fraction of sp³-hybridized carbons (Fsp3) is 0.625. The van der Waals surface area contributed by atoms with Crippen LogP contribution in [-0.4, -0.2) is 17.3 Å². The van der Waals surface area contributed by atoms with Crippen LogP contribution >= 0.6 is 0 Å². The summed E-state index contributed by atoms with van der Waals surface area (Å²) in [5.74, 6) is 1.73. The minimum absolute atomic E-state index is 0.408. The van der Waals surface area contributed by atoms with E-state index in [0.29, 0.717) is 5.92 Å². The zero-order valence-electron chi connectivity index (χ0n) is 11.1. The summed E-state index contributed by atoms with van der Waals surface area (Å²) in [7, 11) is 0. The summed E-state index contributed by atoms with van der Waals surface area (Å²) in [6.07, 6.45) is 6.04. The van der Waals surface area contributed by atoms with Crippen molar-refractivity contribution in [1.29, 1.82) is 0 Å². The van der Waals surface area contributed by atoms with E-state index in [-0.39, 0.29) is 0 Å². The molecule has 0 bridgehead atoms. The molecular weight excluding hydrogens is 224 g/mol. The highest BCUT2D eigenvalue weighted by atomic mass is 16.5. The highest BCUT2D eigenvalue weighted by Crippen LogP contribution is 2.37. The van der Waals surface area contributed by atoms with Crippen LogP contribution < -0.4 is 4.74 Å². The number of hydrogen-bond donors (Lipinski definition) is 1. The SMILES string of the molecule is CC1CCC(O)(CCc2ccc3c(c2)CCO3)C1. The number of aryl methyl sites for hydroxylation is 1. The lowest BCUT2D eigenvalue weighted by molar-refractivity contribution is 0.0357. The number of aliphatic hydroxyl groups is 1. The fourth-order valence-electron chi connectivity index (χ4n) is 3.37. The Morgan fingerprint density at radius 1 is 1.44 bits per heavy atom. The van der Waals surface area contributed by atoms with Crippen molar-refractivity contribution in [3.05, 3.63) is 29.3 Å². The van der Waals surface area contributed by atoms with Crippen molar-refractivity contribution in [2.75, 3.05) is 6.61 Å². The third-order valence-electron chi connectivity index (χ3n) is 4.46. The lowest BCUT2D eigenvalue weighted by atomic mass is 9.92. The average molecular weight is 246 g/mol. The van der Waals surface area contributed by atoms with E-state index in [1.807, 2.05) is 0 Å². The number of fused-ring (bicyclic) bond motifs is 1. The molecule has 0 aromatic heterocycles. The van der Waals surface area contributed by atoms with Crippen LogP contribution in [0.15, 0.2) is 18.2 Å². The van der Waals surface area contributed by atoms with Gasteiger partial charge < -0.3 is 9.84 Å². The van der Waals surface area contributed by atoms with E-state index in [1.165, 1.54) is 17.5 Å². The van der Waals surface area contributed by atoms with Crippen molar-refractivity contribution in [2.45, 2.75) is 51.0 Å². The molecule has 2 atom stereocenters. The summed E-state index contributed by atoms with van der Waals surface area (Å²) in [5, 5.41) is 10.5. The monoisotopic (exact) mass is 246 g/mol. The number of hydrogen-bond acceptors (Lipinski definition) is 2. The third-order valence-corrected chi connectivity index (χ3v) is 4.46. The van der Waals surface area contributed by atoms with Crippen molar-refractivity contribution in [3.8, 4) is 5.75 Å². The van der Waals surface area contributed by atoms with Gasteiger partial charge in [0.05, 0.1) is 12.2 Å². The smallest absolute Gasteiger partial charge is 0.122 e. The maximum Gasteiger partial charge on any atom is 0.122 e. The van der Waals surface area contributed by atoms with Crippen LogP contribution in [0, 0.1) is 5.92 Å². The van der Waals surface area contributed by atoms with Gasteiger partial charge in [-0.15, -0.1) is 0 Å². The molecule has 2 unspecified atom stereocenters. The first-order valence-corrected chi connectivity index (χ1v) is 7.12. The van der Waals surface area contributed by atoms with E-state index in [1.54, 1.807) is 0 Å². The zero-order chi connectivity index (χ0) is 12.6. The summed E-state index contributed by atoms with van der Waals surface area (Å²) in [6.45, 7) is 3.06. The van der Waals surface area contributed by atoms with Crippen LogP contribution in [-0.2, 0) is 12.8 Å². The Labute approximate surface area is 109 Å². The minimum atomic E-state index is -0.408. The highest BCUT2D eigenvalue weighted by Gasteiger charge is 2.34. The summed E-state index contributed by atoms with van der Waals surface area (Å²) in [4.78, 5) is 0. The van der Waals surface area contributed by atoms with Crippen LogP contribution in [0.5, 0.6) is 5.75 Å². The Bertz CT molecular complexity index is 441. The van der Waals surface area contributed by atoms with Crippen molar-refractivity contribution in [3.63, 3.8) is 0 Å². The van der Waals surface area contributed by atoms with Gasteiger partial charge in [-0.1, -0.05) is 19.1 Å². The lowest BCUT2D eigenvalue weighted by Gasteiger charge is -2.22. The maximum atomic E-state index is 10.5. The molecule has 3 rings (SSSR count). The Morgan fingerprint density at radius 2 is 2.33 bits per heavy atom. The van der Waals surface area contributed by atoms with E-state index >= 15 is 0 Å². The quantitative estimate of drug-likeness (QED) is 0.888. The van der Waals surface area contributed by atoms with Gasteiger partial charge in [0.25, 0.3) is 0 Å². The molecule has 1 N–H and O–H groups in total. The summed E-state index contributed by atoms with van der Waals surface area (Å²) in [5.41, 5.74) is 2.26. The lowest BCUT2D eigenvalue weighted by Crippen LogP contribution is -2.25. The van der Waals surface area contributed by atoms with Crippen LogP contribution in [0.25, 0.3) is 0 Å². The third kappa shape index (κ3) is 2.39. The Balaban J connectivity index is 1.63. The largest absolute Gasteiger partial charge is 0.493 e. The fourth-order valence-corrected chi connectivity index (χ4v) is 3.37. The predicted molar refractivity (Wildman–Crippen MR) is 71.9 cm³/mol. The van der Waals surface area contributed by atoms with Gasteiger partial charge in [0.1, 0.15) is 5.75 Å². The molecule has 0 radical (unpaired) electrons. The van der Waals surface area contributed by atoms with Crippen LogP contribution in [0.3, 0.4) is 0 Å². The van der Waals surface area contributed by atoms with Crippen molar-refractivity contribution < 1.29 is 9.84 Å². The van der Waals surface area contributed by atoms with E-state index in [4.69, 9.17) is 4.74 Å². The molecule has 18 heavy (non-hydrogen) atoms. The Hall–Kier alpha value is -1.02. The van der Waals surface area contributed by atoms with Crippen LogP contribution in [0.1, 0.15) is 43.7 Å². The van der Waals surface area contributed by atoms with Gasteiger partial charge in [-0.2, -0.15) is 0 Å². The van der Waals surface area contributed by atoms with Gasteiger partial charge in [-0.25, -0.2) is 0 Å². The molecular formula is C16H22O2. The van der Waals surface area contributed by atoms with Crippen LogP contribution in [0.4, 0.5) is 0 Å². The van der Waals surface area contributed by atoms with Gasteiger partial charge in [0, 0.05) is 6.42 Å². The van der Waals surface area contributed by atoms with Gasteiger partial charge in [-0.3, -0.25) is 0 Å². The number of rotatable bonds is 3. The van der Waals surface area contributed by atoms with Crippen molar-refractivity contribution >= 4 is 0 Å². The molecule has 98 valence electrons. The van der Waals surface area contributed by atoms with Gasteiger partial charge in [0.2, 0.25) is 0 Å². The molecule has 1 aliphatic carbocycles. The zero-order valence-corrected chi connectivity index (χ0v) is 11.1. The van der Waals surface area contributed by atoms with Gasteiger partial charge in [-0.05, 0) is 55.2 Å². The minimum Gasteiger partial charge on any atom is -0.493 e. The average Bonchev–Trinajstić information content (AvgIpc) is 2.93. The maximum absolute atomic E-state index is 10.5. The normalized spacial score (nSPS) is 30.2. The highest BCUT2D eigenvalue weighted by molar-refractivity contribution is 5.39. The second-order valence-corrected chi connectivity index (χ2v) is 6.11. The molecule has 1 aromatic rings. The topological polar surface area (TPSA) is 29.5 Å². The van der Waals surface area contributed by atoms with E-state index in [0.717, 1.165) is 44.5 Å². The van der Waals surface area contributed by atoms with Crippen LogP contribution in [0.2, 0.25) is 0 Å². The molecule has 1 aliphatic heterocycles. The van der Waals surface area contributed by atoms with E-state index in [9.17, 15) is 5.11 Å². The second kappa shape index (κ2) is 4.58. The van der Waals surface area contributed by atoms with Gasteiger partial charge in [0.15, 0.2) is 0 Å². The predicted octanol–water partition coefficient (Wildman–Crippen LogP) is 3.11. The molecule has 2 nitrogen and oxygen atoms in total. The molecule has 1 aromatic carbocycles. The summed E-state index contributed by atoms with van der Waals surface area (Å²) in [6, 6.07) is 6.48. The molecule has 0 spiro atoms. The van der Waals surface area contributed by atoms with E-state index < -0.39 is 5.60 Å². The Morgan fingerprint density at radius 3 is 3.11 bits per heavy atom. The second-order valence-electron chi connectivity index (χ2n) is 6.11. The van der Waals surface area contributed by atoms with Gasteiger partial charge >= 0.3 is 0 Å². The summed E-state index contributed by atoms with van der Waals surface area (Å²) >= 11 is 0. The first-order valence-electron chi connectivity index (χ1n) is 7.12. The Kier molecular flexibility index (Phi) is 3.06. The van der Waals surface area contributed by atoms with Crippen molar-refractivity contribution in [2.24, 2.45) is 5.92 Å². The first-order chi connectivity index (χ1) is 8.65. The summed E-state index contributed by atoms with van der Waals surface area (Å²) < 4.78 is 5.52. The molecule has 1 heterocycles. The molecule has 0 saturated heterocycles. The standard InChI is InChI=1S/C16H22O2/c1-12-4-7-16(17,11-12)8-5-13-2-3-15-14(10-13)6-9-18-15/h2-3,10,12,17H,4-9,11H2,1H3. The van der Waals surface area contributed by atoms with Crippen molar-refractivity contribution in [1.82, 2.24) is 0 Å². The number of benzene rings is 1. The number of ether oxygens (including phenoxy) is 1. The molecule has 2 aliphatic rings. The molecule has 1 saturated carbocycles.